The van der Waals surface area contributed by atoms with E-state index < -0.39 is 10.0 Å². The number of methoxy groups -OCH3 is 1. The minimum Gasteiger partial charge on any atom is -0.496 e. The van der Waals surface area contributed by atoms with E-state index in [4.69, 9.17) is 4.74 Å². The number of aromatic nitrogens is 4. The van der Waals surface area contributed by atoms with E-state index in [1.807, 2.05) is 18.2 Å². The van der Waals surface area contributed by atoms with Crippen LogP contribution in [0.5, 0.6) is 5.75 Å². The topological polar surface area (TPSA) is 111 Å². The molecule has 1 aromatic heterocycles. The Hall–Kier alpha value is -2.89. The predicted octanol–water partition coefficient (Wildman–Crippen LogP) is 2.15. The fraction of sp³-hybridized carbons (Fsp3) is 0.409. The summed E-state index contributed by atoms with van der Waals surface area (Å²) < 4.78 is 48.0. The molecule has 1 aliphatic rings. The van der Waals surface area contributed by atoms with Crippen LogP contribution >= 0.6 is 0 Å². The SMILES string of the molecule is CCS(=O)(=O)NC1CCC(NCc2cc(-n3cnnn3)ccc2OC)C1c1ccc(F)cc1. The summed E-state index contributed by atoms with van der Waals surface area (Å²) in [5.74, 6) is 0.273. The number of sulfonamides is 1. The Morgan fingerprint density at radius 3 is 2.58 bits per heavy atom. The van der Waals surface area contributed by atoms with Crippen LogP contribution in [0.1, 0.15) is 36.8 Å². The lowest BCUT2D eigenvalue weighted by atomic mass is 9.91. The number of nitrogens with zero attached hydrogens (tertiary/aromatic N) is 4. The summed E-state index contributed by atoms with van der Waals surface area (Å²) in [5.41, 5.74) is 2.61. The highest BCUT2D eigenvalue weighted by molar-refractivity contribution is 7.89. The second-order valence-electron chi connectivity index (χ2n) is 8.02. The number of halogens is 1. The third-order valence-electron chi connectivity index (χ3n) is 6.05. The average Bonchev–Trinajstić information content (AvgIpc) is 3.48. The highest BCUT2D eigenvalue weighted by Gasteiger charge is 2.38. The van der Waals surface area contributed by atoms with Crippen LogP contribution in [0, 0.1) is 5.82 Å². The van der Waals surface area contributed by atoms with Crippen molar-refractivity contribution in [1.29, 1.82) is 0 Å². The van der Waals surface area contributed by atoms with Crippen LogP contribution in [-0.2, 0) is 16.6 Å². The van der Waals surface area contributed by atoms with Gasteiger partial charge in [-0.05, 0) is 66.1 Å². The van der Waals surface area contributed by atoms with Crippen LogP contribution in [0.4, 0.5) is 4.39 Å². The number of ether oxygens (including phenoxy) is 1. The number of benzene rings is 2. The molecule has 11 heteroatoms. The molecule has 1 saturated carbocycles. The number of hydrogen-bond donors (Lipinski definition) is 2. The molecule has 4 rings (SSSR count). The molecule has 3 atom stereocenters. The van der Waals surface area contributed by atoms with Crippen molar-refractivity contribution in [3.8, 4) is 11.4 Å². The van der Waals surface area contributed by atoms with Crippen LogP contribution < -0.4 is 14.8 Å². The van der Waals surface area contributed by atoms with Crippen molar-refractivity contribution in [3.63, 3.8) is 0 Å². The molecular formula is C22H27FN6O3S. The summed E-state index contributed by atoms with van der Waals surface area (Å²) in [4.78, 5) is 0. The molecule has 0 aliphatic heterocycles. The molecule has 0 saturated heterocycles. The van der Waals surface area contributed by atoms with Gasteiger partial charge in [0.2, 0.25) is 10.0 Å². The maximum Gasteiger partial charge on any atom is 0.211 e. The van der Waals surface area contributed by atoms with Gasteiger partial charge in [0.15, 0.2) is 0 Å². The first-order chi connectivity index (χ1) is 15.9. The Labute approximate surface area is 192 Å². The van der Waals surface area contributed by atoms with Gasteiger partial charge in [0.25, 0.3) is 0 Å². The second-order valence-corrected chi connectivity index (χ2v) is 10.1. The fourth-order valence-corrected chi connectivity index (χ4v) is 5.28. The molecule has 1 heterocycles. The first kappa shape index (κ1) is 23.3. The standard InChI is InChI=1S/C22H27FN6O3S/c1-3-33(30,31)26-20-10-9-19(22(20)15-4-6-17(23)7-5-15)24-13-16-12-18(8-11-21(16)32-2)29-14-25-27-28-29/h4-8,11-12,14,19-20,22,24,26H,3,9-10,13H2,1-2H3. The Morgan fingerprint density at radius 1 is 1.15 bits per heavy atom. The van der Waals surface area contributed by atoms with Gasteiger partial charge in [-0.3, -0.25) is 0 Å². The molecule has 1 aliphatic carbocycles. The van der Waals surface area contributed by atoms with E-state index in [1.54, 1.807) is 30.8 Å². The maximum atomic E-state index is 13.5. The van der Waals surface area contributed by atoms with E-state index in [-0.39, 0.29) is 29.6 Å². The van der Waals surface area contributed by atoms with Gasteiger partial charge in [-0.25, -0.2) is 22.2 Å². The molecule has 2 aromatic carbocycles. The van der Waals surface area contributed by atoms with E-state index in [1.165, 1.54) is 18.5 Å². The van der Waals surface area contributed by atoms with Gasteiger partial charge in [-0.15, -0.1) is 5.10 Å². The van der Waals surface area contributed by atoms with Crippen molar-refractivity contribution < 1.29 is 17.5 Å². The van der Waals surface area contributed by atoms with Crippen molar-refractivity contribution in [2.24, 2.45) is 0 Å². The van der Waals surface area contributed by atoms with Crippen molar-refractivity contribution >= 4 is 10.0 Å². The number of rotatable bonds is 9. The summed E-state index contributed by atoms with van der Waals surface area (Å²) in [6, 6.07) is 11.7. The average molecular weight is 475 g/mol. The van der Waals surface area contributed by atoms with Gasteiger partial charge in [-0.1, -0.05) is 12.1 Å². The zero-order valence-corrected chi connectivity index (χ0v) is 19.3. The Kier molecular flexibility index (Phi) is 7.01. The second kappa shape index (κ2) is 9.94. The van der Waals surface area contributed by atoms with Crippen molar-refractivity contribution in [2.75, 3.05) is 12.9 Å². The van der Waals surface area contributed by atoms with E-state index in [0.29, 0.717) is 13.0 Å². The molecule has 0 bridgehead atoms. The van der Waals surface area contributed by atoms with E-state index in [2.05, 4.69) is 25.6 Å². The number of tetrazole rings is 1. The van der Waals surface area contributed by atoms with Crippen LogP contribution in [0.25, 0.3) is 5.69 Å². The van der Waals surface area contributed by atoms with Crippen molar-refractivity contribution in [3.05, 3.63) is 65.7 Å². The Morgan fingerprint density at radius 2 is 1.91 bits per heavy atom. The van der Waals surface area contributed by atoms with E-state index in [9.17, 15) is 12.8 Å². The molecule has 2 N–H and O–H groups in total. The van der Waals surface area contributed by atoms with Crippen molar-refractivity contribution in [2.45, 2.75) is 44.3 Å². The van der Waals surface area contributed by atoms with Crippen LogP contribution in [-0.4, -0.2) is 53.6 Å². The Balaban J connectivity index is 1.57. The van der Waals surface area contributed by atoms with Gasteiger partial charge in [0.05, 0.1) is 18.6 Å². The lowest BCUT2D eigenvalue weighted by molar-refractivity contribution is 0.400. The fourth-order valence-electron chi connectivity index (χ4n) is 4.39. The number of nitrogens with one attached hydrogen (secondary N) is 2. The Bertz CT molecular complexity index is 1170. The monoisotopic (exact) mass is 474 g/mol. The van der Waals surface area contributed by atoms with Gasteiger partial charge >= 0.3 is 0 Å². The van der Waals surface area contributed by atoms with Crippen LogP contribution in [0.15, 0.2) is 48.8 Å². The lowest BCUT2D eigenvalue weighted by Crippen LogP contribution is -2.42. The number of hydrogen-bond acceptors (Lipinski definition) is 7. The normalized spacial score (nSPS) is 20.8. The van der Waals surface area contributed by atoms with Gasteiger partial charge in [0, 0.05) is 30.1 Å². The molecule has 9 nitrogen and oxygen atoms in total. The highest BCUT2D eigenvalue weighted by atomic mass is 32.2. The van der Waals surface area contributed by atoms with E-state index >= 15 is 0 Å². The minimum atomic E-state index is -3.38. The predicted molar refractivity (Wildman–Crippen MR) is 121 cm³/mol. The molecule has 3 aromatic rings. The molecule has 33 heavy (non-hydrogen) atoms. The molecule has 3 unspecified atom stereocenters. The largest absolute Gasteiger partial charge is 0.496 e. The molecular weight excluding hydrogens is 447 g/mol. The first-order valence-corrected chi connectivity index (χ1v) is 12.4. The van der Waals surface area contributed by atoms with Crippen LogP contribution in [0.2, 0.25) is 0 Å². The molecule has 0 radical (unpaired) electrons. The molecule has 0 spiro atoms. The zero-order chi connectivity index (χ0) is 23.4. The van der Waals surface area contributed by atoms with Crippen LogP contribution in [0.3, 0.4) is 0 Å². The molecule has 1 fully saturated rings. The lowest BCUT2D eigenvalue weighted by Gasteiger charge is -2.27. The molecule has 0 amide bonds. The zero-order valence-electron chi connectivity index (χ0n) is 18.5. The third kappa shape index (κ3) is 5.37. The summed E-state index contributed by atoms with van der Waals surface area (Å²) in [6.45, 7) is 2.11. The first-order valence-electron chi connectivity index (χ1n) is 10.8. The smallest absolute Gasteiger partial charge is 0.211 e. The van der Waals surface area contributed by atoms with E-state index in [0.717, 1.165) is 29.0 Å². The summed E-state index contributed by atoms with van der Waals surface area (Å²) in [5, 5.41) is 14.9. The van der Waals surface area contributed by atoms with Gasteiger partial charge in [-0.2, -0.15) is 0 Å². The van der Waals surface area contributed by atoms with Gasteiger partial charge in [0.1, 0.15) is 17.9 Å². The highest BCUT2D eigenvalue weighted by Crippen LogP contribution is 2.36. The summed E-state index contributed by atoms with van der Waals surface area (Å²) in [7, 11) is -1.76. The molecule has 176 valence electrons. The minimum absolute atomic E-state index is 0.0126. The summed E-state index contributed by atoms with van der Waals surface area (Å²) in [6.07, 6.45) is 2.97. The van der Waals surface area contributed by atoms with Crippen molar-refractivity contribution in [1.82, 2.24) is 30.2 Å². The summed E-state index contributed by atoms with van der Waals surface area (Å²) >= 11 is 0. The third-order valence-corrected chi connectivity index (χ3v) is 7.48. The van der Waals surface area contributed by atoms with Gasteiger partial charge < -0.3 is 10.1 Å². The quantitative estimate of drug-likeness (QED) is 0.489. The maximum absolute atomic E-state index is 13.5.